The lowest BCUT2D eigenvalue weighted by molar-refractivity contribution is -0.384. The van der Waals surface area contributed by atoms with Crippen LogP contribution in [0.15, 0.2) is 48.5 Å². The van der Waals surface area contributed by atoms with Gasteiger partial charge in [-0.15, -0.1) is 0 Å². The summed E-state index contributed by atoms with van der Waals surface area (Å²) in [5, 5.41) is 23.5. The molecule has 0 radical (unpaired) electrons. The molecule has 0 aliphatic carbocycles. The molecule has 0 fully saturated rings. The molecule has 0 aliphatic heterocycles. The quantitative estimate of drug-likeness (QED) is 0.304. The maximum absolute atomic E-state index is 11.0. The monoisotopic (exact) mass is 375 g/mol. The first-order chi connectivity index (χ1) is 13.0. The summed E-state index contributed by atoms with van der Waals surface area (Å²) in [5.41, 5.74) is 5.56. The molecule has 4 N–H and O–H groups in total. The molecule has 2 aromatic rings. The Morgan fingerprint density at radius 2 is 1.70 bits per heavy atom. The Kier molecular flexibility index (Phi) is 7.53. The number of nitrogens with one attached hydrogen (secondary N) is 1. The van der Waals surface area contributed by atoms with E-state index in [1.807, 2.05) is 0 Å². The highest BCUT2D eigenvalue weighted by Crippen LogP contribution is 2.17. The zero-order chi connectivity index (χ0) is 19.6. The standard InChI is InChI=1S/C18H21N3O6/c19-18(23)13-1-5-16(6-2-13)26-10-9-20-11-15(22)12-27-17-7-3-14(4-8-17)21(24)25/h1-8,15,20,22H,9-12H2,(H2,19,23). The van der Waals surface area contributed by atoms with E-state index in [2.05, 4.69) is 5.32 Å². The molecule has 27 heavy (non-hydrogen) atoms. The second-order valence-electron chi connectivity index (χ2n) is 5.66. The van der Waals surface area contributed by atoms with Crippen molar-refractivity contribution in [2.45, 2.75) is 6.10 Å². The molecule has 0 bridgehead atoms. The van der Waals surface area contributed by atoms with Crippen LogP contribution in [0.3, 0.4) is 0 Å². The summed E-state index contributed by atoms with van der Waals surface area (Å²) in [6.07, 6.45) is -0.741. The van der Waals surface area contributed by atoms with Gasteiger partial charge in [0.25, 0.3) is 5.69 Å². The third kappa shape index (κ3) is 6.92. The van der Waals surface area contributed by atoms with Crippen LogP contribution >= 0.6 is 0 Å². The molecule has 2 aromatic carbocycles. The Bertz CT molecular complexity index is 749. The molecular formula is C18H21N3O6. The van der Waals surface area contributed by atoms with Crippen LogP contribution in [0.1, 0.15) is 10.4 Å². The van der Waals surface area contributed by atoms with Crippen LogP contribution < -0.4 is 20.5 Å². The Hall–Kier alpha value is -3.17. The minimum absolute atomic E-state index is 0.0196. The molecule has 9 heteroatoms. The van der Waals surface area contributed by atoms with Crippen LogP contribution in [-0.2, 0) is 0 Å². The van der Waals surface area contributed by atoms with Crippen LogP contribution in [0.2, 0.25) is 0 Å². The summed E-state index contributed by atoms with van der Waals surface area (Å²) < 4.78 is 10.9. The zero-order valence-corrected chi connectivity index (χ0v) is 14.5. The molecule has 0 heterocycles. The molecular weight excluding hydrogens is 354 g/mol. The van der Waals surface area contributed by atoms with Gasteiger partial charge in [-0.1, -0.05) is 0 Å². The van der Waals surface area contributed by atoms with Gasteiger partial charge in [0.1, 0.15) is 30.8 Å². The van der Waals surface area contributed by atoms with Gasteiger partial charge in [0.2, 0.25) is 5.91 Å². The first-order valence-corrected chi connectivity index (χ1v) is 8.24. The lowest BCUT2D eigenvalue weighted by Gasteiger charge is -2.13. The third-order valence-electron chi connectivity index (χ3n) is 3.56. The largest absolute Gasteiger partial charge is 0.492 e. The molecule has 0 saturated carbocycles. The van der Waals surface area contributed by atoms with Crippen molar-refractivity contribution in [2.24, 2.45) is 5.73 Å². The average molecular weight is 375 g/mol. The van der Waals surface area contributed by atoms with Crippen molar-refractivity contribution >= 4 is 11.6 Å². The van der Waals surface area contributed by atoms with Crippen molar-refractivity contribution in [3.8, 4) is 11.5 Å². The lowest BCUT2D eigenvalue weighted by Crippen LogP contribution is -2.33. The van der Waals surface area contributed by atoms with E-state index in [1.165, 1.54) is 24.3 Å². The average Bonchev–Trinajstić information content (AvgIpc) is 2.66. The SMILES string of the molecule is NC(=O)c1ccc(OCCNCC(O)COc2ccc([N+](=O)[O-])cc2)cc1. The number of rotatable bonds is 11. The maximum atomic E-state index is 11.0. The molecule has 0 spiro atoms. The summed E-state index contributed by atoms with van der Waals surface area (Å²) in [6, 6.07) is 12.1. The molecule has 0 aromatic heterocycles. The van der Waals surface area contributed by atoms with Crippen LogP contribution in [0, 0.1) is 10.1 Å². The Balaban J connectivity index is 1.59. The highest BCUT2D eigenvalue weighted by atomic mass is 16.6. The van der Waals surface area contributed by atoms with Gasteiger partial charge < -0.3 is 25.6 Å². The van der Waals surface area contributed by atoms with E-state index < -0.39 is 16.9 Å². The highest BCUT2D eigenvalue weighted by molar-refractivity contribution is 5.92. The zero-order valence-electron chi connectivity index (χ0n) is 14.5. The van der Waals surface area contributed by atoms with Crippen molar-refractivity contribution in [1.82, 2.24) is 5.32 Å². The number of hydrogen-bond donors (Lipinski definition) is 3. The first-order valence-electron chi connectivity index (χ1n) is 8.24. The lowest BCUT2D eigenvalue weighted by atomic mass is 10.2. The first kappa shape index (κ1) is 20.1. The molecule has 0 aliphatic rings. The van der Waals surface area contributed by atoms with Crippen LogP contribution in [-0.4, -0.2) is 48.3 Å². The number of nitrogens with zero attached hydrogens (tertiary/aromatic N) is 1. The van der Waals surface area contributed by atoms with Gasteiger partial charge in [0.05, 0.1) is 4.92 Å². The van der Waals surface area contributed by atoms with E-state index in [9.17, 15) is 20.0 Å². The van der Waals surface area contributed by atoms with Gasteiger partial charge in [-0.2, -0.15) is 0 Å². The number of carbonyl (C=O) groups excluding carboxylic acids is 1. The topological polar surface area (TPSA) is 137 Å². The Morgan fingerprint density at radius 3 is 2.30 bits per heavy atom. The van der Waals surface area contributed by atoms with Crippen LogP contribution in [0.25, 0.3) is 0 Å². The fraction of sp³-hybridized carbons (Fsp3) is 0.278. The van der Waals surface area contributed by atoms with Gasteiger partial charge in [0.15, 0.2) is 0 Å². The van der Waals surface area contributed by atoms with Crippen molar-refractivity contribution in [3.63, 3.8) is 0 Å². The minimum Gasteiger partial charge on any atom is -0.492 e. The highest BCUT2D eigenvalue weighted by Gasteiger charge is 2.07. The van der Waals surface area contributed by atoms with E-state index in [1.54, 1.807) is 24.3 Å². The predicted molar refractivity (Wildman–Crippen MR) is 97.9 cm³/mol. The number of primary amides is 1. The van der Waals surface area contributed by atoms with E-state index in [0.717, 1.165) is 0 Å². The van der Waals surface area contributed by atoms with Crippen LogP contribution in [0.5, 0.6) is 11.5 Å². The molecule has 9 nitrogen and oxygen atoms in total. The van der Waals surface area contributed by atoms with Crippen molar-refractivity contribution < 1.29 is 24.3 Å². The van der Waals surface area contributed by atoms with Crippen molar-refractivity contribution in [3.05, 3.63) is 64.2 Å². The number of amides is 1. The fourth-order valence-corrected chi connectivity index (χ4v) is 2.14. The summed E-state index contributed by atoms with van der Waals surface area (Å²) in [4.78, 5) is 21.1. The number of aliphatic hydroxyl groups is 1. The summed E-state index contributed by atoms with van der Waals surface area (Å²) in [7, 11) is 0. The van der Waals surface area contributed by atoms with Gasteiger partial charge in [0, 0.05) is 30.8 Å². The fourth-order valence-electron chi connectivity index (χ4n) is 2.14. The normalized spacial score (nSPS) is 11.6. The summed E-state index contributed by atoms with van der Waals surface area (Å²) >= 11 is 0. The second kappa shape index (κ2) is 10.1. The summed E-state index contributed by atoms with van der Waals surface area (Å²) in [5.74, 6) is 0.569. The van der Waals surface area contributed by atoms with Gasteiger partial charge in [-0.05, 0) is 36.4 Å². The summed E-state index contributed by atoms with van der Waals surface area (Å²) in [6.45, 7) is 1.25. The van der Waals surface area contributed by atoms with Gasteiger partial charge >= 0.3 is 0 Å². The van der Waals surface area contributed by atoms with E-state index >= 15 is 0 Å². The molecule has 144 valence electrons. The number of benzene rings is 2. The molecule has 0 saturated heterocycles. The van der Waals surface area contributed by atoms with E-state index in [4.69, 9.17) is 15.2 Å². The number of ether oxygens (including phenoxy) is 2. The third-order valence-corrected chi connectivity index (χ3v) is 3.56. The number of nitrogens with two attached hydrogens (primary N) is 1. The number of aliphatic hydroxyl groups excluding tert-OH is 1. The molecule has 1 unspecified atom stereocenters. The van der Waals surface area contributed by atoms with Crippen molar-refractivity contribution in [2.75, 3.05) is 26.3 Å². The molecule has 1 atom stereocenters. The van der Waals surface area contributed by atoms with Crippen molar-refractivity contribution in [1.29, 1.82) is 0 Å². The molecule has 2 rings (SSSR count). The number of hydrogen-bond acceptors (Lipinski definition) is 7. The number of nitro groups is 1. The minimum atomic E-state index is -0.741. The predicted octanol–water partition coefficient (Wildman–Crippen LogP) is 1.10. The molecule has 1 amide bonds. The number of nitro benzene ring substituents is 1. The van der Waals surface area contributed by atoms with Gasteiger partial charge in [-0.25, -0.2) is 0 Å². The van der Waals surface area contributed by atoms with E-state index in [-0.39, 0.29) is 12.3 Å². The number of carbonyl (C=O) groups is 1. The van der Waals surface area contributed by atoms with Crippen LogP contribution in [0.4, 0.5) is 5.69 Å². The van der Waals surface area contributed by atoms with Gasteiger partial charge in [-0.3, -0.25) is 14.9 Å². The van der Waals surface area contributed by atoms with E-state index in [0.29, 0.717) is 36.8 Å². The Morgan fingerprint density at radius 1 is 1.11 bits per heavy atom. The maximum Gasteiger partial charge on any atom is 0.269 e. The number of non-ortho nitro benzene ring substituents is 1. The second-order valence-corrected chi connectivity index (χ2v) is 5.66. The Labute approximate surface area is 155 Å². The smallest absolute Gasteiger partial charge is 0.269 e.